The van der Waals surface area contributed by atoms with Gasteiger partial charge in [-0.15, -0.1) is 37.2 Å². The maximum Gasteiger partial charge on any atom is 0.246 e. The molecule has 11 atom stereocenters. The Bertz CT molecular complexity index is 2890. The van der Waals surface area contributed by atoms with Crippen LogP contribution in [0.15, 0.2) is 65.7 Å². The molecule has 2 aromatic rings. The minimum atomic E-state index is -1.34. The van der Waals surface area contributed by atoms with Crippen molar-refractivity contribution in [3.05, 3.63) is 71.8 Å². The lowest BCUT2D eigenvalue weighted by Crippen LogP contribution is -2.61. The van der Waals surface area contributed by atoms with E-state index in [4.69, 9.17) is 22.9 Å². The smallest absolute Gasteiger partial charge is 0.246 e. The summed E-state index contributed by atoms with van der Waals surface area (Å²) in [6.45, 7) is 14.8. The summed E-state index contributed by atoms with van der Waals surface area (Å²) >= 11 is 0. The Morgan fingerprint density at radius 3 is 1.06 bits per heavy atom. The summed E-state index contributed by atoms with van der Waals surface area (Å²) < 4.78 is 0. The zero-order valence-corrected chi connectivity index (χ0v) is 59.2. The molecular weight excluding hydrogens is 1300 g/mol. The van der Waals surface area contributed by atoms with Crippen molar-refractivity contribution in [3.63, 3.8) is 0 Å². The lowest BCUT2D eigenvalue weighted by molar-refractivity contribution is -0.143. The molecule has 0 radical (unpaired) electrons. The summed E-state index contributed by atoms with van der Waals surface area (Å²) in [5, 5.41) is 25.5. The van der Waals surface area contributed by atoms with E-state index < -0.39 is 143 Å². The van der Waals surface area contributed by atoms with Crippen molar-refractivity contribution < 1.29 is 52.7 Å². The van der Waals surface area contributed by atoms with Gasteiger partial charge < -0.3 is 80.6 Å². The van der Waals surface area contributed by atoms with Crippen LogP contribution in [0.5, 0.6) is 0 Å². The van der Waals surface area contributed by atoms with Gasteiger partial charge in [-0.3, -0.25) is 57.7 Å². The molecule has 30 heteroatoms. The van der Waals surface area contributed by atoms with E-state index in [1.165, 1.54) is 9.80 Å². The minimum Gasteiger partial charge on any atom is -0.370 e. The van der Waals surface area contributed by atoms with E-state index in [2.05, 4.69) is 52.8 Å². The van der Waals surface area contributed by atoms with Crippen molar-refractivity contribution >= 4 is 108 Å². The van der Waals surface area contributed by atoms with Gasteiger partial charge in [-0.05, 0) is 125 Å². The van der Waals surface area contributed by atoms with E-state index in [1.54, 1.807) is 88.4 Å². The summed E-state index contributed by atoms with van der Waals surface area (Å²) in [4.78, 5) is 169. The van der Waals surface area contributed by atoms with Crippen LogP contribution in [-0.4, -0.2) is 180 Å². The highest BCUT2D eigenvalue weighted by Crippen LogP contribution is 2.24. The molecule has 3 heterocycles. The van der Waals surface area contributed by atoms with Crippen LogP contribution < -0.4 is 70.8 Å². The molecule has 0 spiro atoms. The second-order valence-corrected chi connectivity index (χ2v) is 26.2. The number of nitrogens with one attached hydrogen (secondary N) is 9. The zero-order valence-electron chi connectivity index (χ0n) is 56.7. The summed E-state index contributed by atoms with van der Waals surface area (Å²) in [5.74, 6) is -9.38. The molecule has 0 bridgehead atoms. The number of aliphatic imine (C=N–C) groups is 1. The number of fused-ring (bicyclic) bond motifs is 2. The van der Waals surface area contributed by atoms with E-state index in [9.17, 15) is 43.2 Å². The van der Waals surface area contributed by atoms with Crippen molar-refractivity contribution in [1.82, 2.24) is 57.7 Å². The summed E-state index contributed by atoms with van der Waals surface area (Å²) in [7, 11) is 0. The van der Waals surface area contributed by atoms with Crippen LogP contribution in [0.2, 0.25) is 0 Å². The number of nitrogens with two attached hydrogens (primary N) is 4. The van der Waals surface area contributed by atoms with Gasteiger partial charge in [0.05, 0.1) is 0 Å². The average molecular weight is 1410 g/mol. The fourth-order valence-electron chi connectivity index (χ4n) is 11.9. The van der Waals surface area contributed by atoms with Crippen molar-refractivity contribution in [2.45, 2.75) is 212 Å². The Morgan fingerprint density at radius 2 is 0.740 bits per heavy atom. The molecule has 3 fully saturated rings. The zero-order chi connectivity index (χ0) is 68.5. The Hall–Kier alpha value is -7.33. The fourth-order valence-corrected chi connectivity index (χ4v) is 11.9. The predicted octanol–water partition coefficient (Wildman–Crippen LogP) is 1.03. The van der Waals surface area contributed by atoms with Crippen molar-refractivity contribution in [2.75, 3.05) is 32.7 Å². The monoisotopic (exact) mass is 1400 g/mol. The lowest BCUT2D eigenvalue weighted by Gasteiger charge is -2.32. The first-order chi connectivity index (χ1) is 44.2. The molecule has 3 aliphatic rings. The number of hydrogen-bond donors (Lipinski definition) is 13. The van der Waals surface area contributed by atoms with Gasteiger partial charge in [-0.25, -0.2) is 0 Å². The van der Waals surface area contributed by atoms with E-state index in [0.717, 1.165) is 0 Å². The summed E-state index contributed by atoms with van der Waals surface area (Å²) in [6.07, 6.45) is 2.07. The highest BCUT2D eigenvalue weighted by Gasteiger charge is 2.43. The number of hydrogen-bond acceptors (Lipinski definition) is 14. The number of carbonyl (C=O) groups is 11. The number of carbonyl (C=O) groups excluding carboxylic acids is 11. The number of nitrogens with zero attached hydrogens (tertiary/aromatic N) is 3. The van der Waals surface area contributed by atoms with Gasteiger partial charge in [0.25, 0.3) is 0 Å². The first-order valence-electron chi connectivity index (χ1n) is 33.1. The van der Waals surface area contributed by atoms with E-state index in [-0.39, 0.29) is 165 Å². The van der Waals surface area contributed by atoms with Gasteiger partial charge in [0.2, 0.25) is 65.0 Å². The molecule has 0 saturated carbocycles. The lowest BCUT2D eigenvalue weighted by atomic mass is 9.99. The van der Waals surface area contributed by atoms with Crippen LogP contribution in [0.1, 0.15) is 144 Å². The van der Waals surface area contributed by atoms with Gasteiger partial charge in [0, 0.05) is 32.5 Å². The van der Waals surface area contributed by atoms with E-state index >= 15 is 9.59 Å². The van der Waals surface area contributed by atoms with Crippen LogP contribution in [0.4, 0.5) is 0 Å². The molecule has 0 aromatic heterocycles. The van der Waals surface area contributed by atoms with Crippen LogP contribution in [-0.2, 0) is 65.6 Å². The standard InChI is InChI=1S/C66H104N16O11.3ClH/c1-38(2)34-47-58(86)72-46(26-17-31-71-66(69)70)57(85)77-49(36-42-20-11-9-12-21-42)64(92)81-32-18-27-51(81)60(88)79-54(41(7)8)63(91)74-45(25-16-30-68)56(84)76-48(35-39(3)4)59(87)78-50(37-43-22-13-10-14-23-43)65(93)82-33-19-28-52(82)61(89)80-53(40(5)6)62(90)73-44(24-15-29-67)55(83)75-47;;;/h9-14,20-23,38-41,44-54H,15-19,24-37,67-68H2,1-8H3,(H,72,86)(H,73,90)(H,74,91)(H,75,83)(H,76,84)(H,77,85)(H,78,87)(H,79,88)(H,80,89)(H4,69,70,71);3*1H/t44-,45-,46-,47-,48-,49+,50+,51-,52-,53-,54-;;;/m0.../s1. The number of amides is 11. The van der Waals surface area contributed by atoms with Crippen molar-refractivity contribution in [1.29, 1.82) is 0 Å². The Morgan fingerprint density at radius 1 is 0.427 bits per heavy atom. The SMILES string of the molecule is CC(C)C[C@@H]1NC(=O)[C@H](CCCN)NC(=O)[C@H](C(C)C)NC(=O)[C@@H]2CCCN2C(=O)[C@@H](Cc2ccccc2)NC(=O)[C@H](CC(C)C)NC(=O)[C@H](CCCN)NC(=O)[C@H](C(C)C)NC(=O)[C@@H]2CCCN2C(=O)[C@@H](Cc2ccccc2)NC(=O)[C@H](CCCN=C(N)N)NC1=O.Cl.Cl.Cl. The summed E-state index contributed by atoms with van der Waals surface area (Å²) in [6, 6.07) is 4.18. The highest BCUT2D eigenvalue weighted by atomic mass is 35.5. The van der Waals surface area contributed by atoms with Crippen LogP contribution in [0.25, 0.3) is 0 Å². The first-order valence-corrected chi connectivity index (χ1v) is 33.1. The molecule has 96 heavy (non-hydrogen) atoms. The van der Waals surface area contributed by atoms with Crippen LogP contribution in [0.3, 0.4) is 0 Å². The quantitative estimate of drug-likeness (QED) is 0.0500. The first kappa shape index (κ1) is 84.8. The van der Waals surface area contributed by atoms with Gasteiger partial charge >= 0.3 is 0 Å². The molecule has 538 valence electrons. The Kier molecular flexibility index (Phi) is 37.4. The average Bonchev–Trinajstić information content (AvgIpc) is 1.51. The minimum absolute atomic E-state index is 0. The van der Waals surface area contributed by atoms with Crippen molar-refractivity contribution in [2.24, 2.45) is 51.6 Å². The molecular formula is C66H107Cl3N16O11. The molecule has 11 amide bonds. The third-order valence-corrected chi connectivity index (χ3v) is 16.9. The van der Waals surface area contributed by atoms with Crippen LogP contribution in [0, 0.1) is 23.7 Å². The Balaban J connectivity index is 0.0000105. The second kappa shape index (κ2) is 42.4. The maximum absolute atomic E-state index is 15.1. The number of rotatable bonds is 20. The van der Waals surface area contributed by atoms with Gasteiger partial charge in [-0.1, -0.05) is 116 Å². The molecule has 2 aromatic carbocycles. The molecule has 0 unspecified atom stereocenters. The molecule has 3 saturated heterocycles. The number of halogens is 3. The number of guanidine groups is 1. The predicted molar refractivity (Wildman–Crippen MR) is 374 cm³/mol. The molecule has 3 aliphatic heterocycles. The second-order valence-electron chi connectivity index (χ2n) is 26.2. The van der Waals surface area contributed by atoms with E-state index in [1.807, 2.05) is 27.7 Å². The normalized spacial score (nSPS) is 25.1. The molecule has 17 N–H and O–H groups in total. The van der Waals surface area contributed by atoms with E-state index in [0.29, 0.717) is 24.0 Å². The number of benzene rings is 2. The van der Waals surface area contributed by atoms with Gasteiger partial charge in [0.1, 0.15) is 66.5 Å². The maximum atomic E-state index is 15.1. The third-order valence-electron chi connectivity index (χ3n) is 16.9. The van der Waals surface area contributed by atoms with Gasteiger partial charge in [0.15, 0.2) is 5.96 Å². The fraction of sp³-hybridized carbons (Fsp3) is 0.636. The van der Waals surface area contributed by atoms with Gasteiger partial charge in [-0.2, -0.15) is 0 Å². The van der Waals surface area contributed by atoms with Crippen LogP contribution >= 0.6 is 37.2 Å². The molecule has 0 aliphatic carbocycles. The third kappa shape index (κ3) is 26.2. The highest BCUT2D eigenvalue weighted by molar-refractivity contribution is 6.00. The topological polar surface area (TPSA) is 419 Å². The Labute approximate surface area is 583 Å². The molecule has 5 rings (SSSR count). The largest absolute Gasteiger partial charge is 0.370 e. The van der Waals surface area contributed by atoms with Crippen molar-refractivity contribution in [3.8, 4) is 0 Å². The molecule has 27 nitrogen and oxygen atoms in total. The summed E-state index contributed by atoms with van der Waals surface area (Å²) in [5.41, 5.74) is 24.5.